The van der Waals surface area contributed by atoms with E-state index in [0.29, 0.717) is 58.0 Å². The van der Waals surface area contributed by atoms with Crippen LogP contribution >= 0.6 is 0 Å². The summed E-state index contributed by atoms with van der Waals surface area (Å²) < 4.78 is 0. The van der Waals surface area contributed by atoms with E-state index in [1.165, 1.54) is 4.90 Å². The van der Waals surface area contributed by atoms with E-state index in [4.69, 9.17) is 17.2 Å². The smallest absolute Gasteiger partial charge is 0.326 e. The van der Waals surface area contributed by atoms with Gasteiger partial charge >= 0.3 is 5.97 Å². The van der Waals surface area contributed by atoms with Crippen molar-refractivity contribution in [3.8, 4) is 0 Å². The number of aliphatic hydroxyl groups is 1. The van der Waals surface area contributed by atoms with Crippen molar-refractivity contribution < 1.29 is 29.4 Å². The predicted octanol–water partition coefficient (Wildman–Crippen LogP) is -2.39. The first kappa shape index (κ1) is 27.8. The van der Waals surface area contributed by atoms with Crippen molar-refractivity contribution in [1.29, 1.82) is 0 Å². The number of carbonyl (C=O) groups excluding carboxylic acids is 3. The van der Waals surface area contributed by atoms with E-state index in [9.17, 15) is 29.4 Å². The average Bonchev–Trinajstić information content (AvgIpc) is 3.26. The highest BCUT2D eigenvalue weighted by Crippen LogP contribution is 2.20. The van der Waals surface area contributed by atoms with Gasteiger partial charge in [0.1, 0.15) is 18.1 Å². The highest BCUT2D eigenvalue weighted by atomic mass is 16.4. The summed E-state index contributed by atoms with van der Waals surface area (Å²) >= 11 is 0. The summed E-state index contributed by atoms with van der Waals surface area (Å²) in [7, 11) is 0. The Hall–Kier alpha value is -2.28. The lowest BCUT2D eigenvalue weighted by molar-refractivity contribution is -0.149. The molecule has 1 aliphatic heterocycles. The zero-order valence-corrected chi connectivity index (χ0v) is 18.5. The molecule has 1 heterocycles. The lowest BCUT2D eigenvalue weighted by atomic mass is 10.1. The van der Waals surface area contributed by atoms with Gasteiger partial charge in [-0.3, -0.25) is 14.4 Å². The van der Waals surface area contributed by atoms with E-state index in [2.05, 4.69) is 10.6 Å². The molecule has 0 spiro atoms. The Balaban J connectivity index is 2.80. The lowest BCUT2D eigenvalue weighted by Gasteiger charge is -2.28. The van der Waals surface area contributed by atoms with Crippen LogP contribution in [-0.2, 0) is 19.2 Å². The minimum atomic E-state index is -1.29. The van der Waals surface area contributed by atoms with Gasteiger partial charge in [0.2, 0.25) is 17.7 Å². The fourth-order valence-electron chi connectivity index (χ4n) is 3.62. The summed E-state index contributed by atoms with van der Waals surface area (Å²) in [5.41, 5.74) is 16.8. The molecule has 3 amide bonds. The number of carboxylic acid groups (broad SMARTS) is 1. The van der Waals surface area contributed by atoms with Crippen LogP contribution in [0.1, 0.15) is 51.4 Å². The molecule has 0 aromatic rings. The molecule has 12 nitrogen and oxygen atoms in total. The molecule has 0 saturated carbocycles. The summed E-state index contributed by atoms with van der Waals surface area (Å²) in [4.78, 5) is 50.7. The summed E-state index contributed by atoms with van der Waals surface area (Å²) in [5.74, 6) is -2.92. The molecule has 1 saturated heterocycles. The average molecular weight is 459 g/mol. The number of aliphatic hydroxyl groups excluding tert-OH is 1. The van der Waals surface area contributed by atoms with Crippen LogP contribution in [0.15, 0.2) is 0 Å². The van der Waals surface area contributed by atoms with Crippen molar-refractivity contribution in [3.05, 3.63) is 0 Å². The Labute approximate surface area is 188 Å². The van der Waals surface area contributed by atoms with Gasteiger partial charge in [-0.15, -0.1) is 0 Å². The molecular weight excluding hydrogens is 420 g/mol. The number of hydrogen-bond acceptors (Lipinski definition) is 8. The third-order valence-corrected chi connectivity index (χ3v) is 5.50. The van der Waals surface area contributed by atoms with Gasteiger partial charge < -0.3 is 42.9 Å². The third-order valence-electron chi connectivity index (χ3n) is 5.50. The molecule has 10 N–H and O–H groups in total. The van der Waals surface area contributed by atoms with Crippen molar-refractivity contribution in [2.75, 3.05) is 26.2 Å². The molecule has 0 aromatic heterocycles. The maximum atomic E-state index is 13.0. The van der Waals surface area contributed by atoms with Crippen LogP contribution in [-0.4, -0.2) is 89.2 Å². The number of aliphatic carboxylic acids is 1. The number of hydrogen-bond donors (Lipinski definition) is 7. The Kier molecular flexibility index (Phi) is 12.8. The zero-order chi connectivity index (χ0) is 24.1. The number of nitrogens with two attached hydrogens (primary N) is 3. The fourth-order valence-corrected chi connectivity index (χ4v) is 3.62. The van der Waals surface area contributed by atoms with Crippen LogP contribution in [0, 0.1) is 0 Å². The van der Waals surface area contributed by atoms with E-state index in [1.54, 1.807) is 0 Å². The number of amides is 3. The first-order valence-electron chi connectivity index (χ1n) is 11.2. The minimum Gasteiger partial charge on any atom is -0.480 e. The summed E-state index contributed by atoms with van der Waals surface area (Å²) in [6.07, 6.45) is 4.08. The molecule has 32 heavy (non-hydrogen) atoms. The molecule has 1 aliphatic rings. The van der Waals surface area contributed by atoms with Crippen molar-refractivity contribution in [3.63, 3.8) is 0 Å². The second kappa shape index (κ2) is 14.7. The van der Waals surface area contributed by atoms with E-state index >= 15 is 0 Å². The number of carbonyl (C=O) groups is 4. The Bertz CT molecular complexity index is 634. The molecule has 0 bridgehead atoms. The molecule has 1 fully saturated rings. The lowest BCUT2D eigenvalue weighted by Crippen LogP contribution is -2.58. The first-order chi connectivity index (χ1) is 15.3. The summed E-state index contributed by atoms with van der Waals surface area (Å²) in [6.45, 7) is 0.498. The van der Waals surface area contributed by atoms with Gasteiger partial charge in [-0.05, 0) is 58.0 Å². The number of nitrogens with one attached hydrogen (secondary N) is 2. The Morgan fingerprint density at radius 2 is 1.53 bits per heavy atom. The van der Waals surface area contributed by atoms with Gasteiger partial charge in [0, 0.05) is 6.54 Å². The van der Waals surface area contributed by atoms with Crippen LogP contribution in [0.4, 0.5) is 0 Å². The number of likely N-dealkylation sites (tertiary alicyclic amines) is 1. The molecule has 4 unspecified atom stereocenters. The van der Waals surface area contributed by atoms with Gasteiger partial charge in [-0.1, -0.05) is 6.42 Å². The molecule has 0 aromatic carbocycles. The van der Waals surface area contributed by atoms with Crippen molar-refractivity contribution in [2.24, 2.45) is 17.2 Å². The topological polar surface area (TPSA) is 214 Å². The summed E-state index contributed by atoms with van der Waals surface area (Å²) in [5, 5.41) is 23.9. The largest absolute Gasteiger partial charge is 0.480 e. The van der Waals surface area contributed by atoms with Crippen LogP contribution < -0.4 is 27.8 Å². The van der Waals surface area contributed by atoms with Crippen molar-refractivity contribution in [2.45, 2.75) is 75.5 Å². The molecule has 12 heteroatoms. The summed E-state index contributed by atoms with van der Waals surface area (Å²) in [6, 6.07) is -4.07. The second-order valence-electron chi connectivity index (χ2n) is 8.01. The maximum absolute atomic E-state index is 13.0. The van der Waals surface area contributed by atoms with Crippen LogP contribution in [0.2, 0.25) is 0 Å². The van der Waals surface area contributed by atoms with E-state index in [1.807, 2.05) is 0 Å². The highest BCUT2D eigenvalue weighted by molar-refractivity contribution is 5.94. The standard InChI is InChI=1S/C20H38N6O6/c21-9-3-1-6-13(23)17(28)25-15(12-27)18(29)24-14(7-2-4-10-22)19(30)26-11-5-8-16(26)20(31)32/h13-16,27H,1-12,21-23H2,(H,24,29)(H,25,28)(H,31,32). The molecule has 0 aliphatic carbocycles. The SMILES string of the molecule is NCCCCC(N)C(=O)NC(CO)C(=O)NC(CCCCN)C(=O)N1CCCC1C(=O)O. The number of unbranched alkanes of at least 4 members (excludes halogenated alkanes) is 2. The van der Waals surface area contributed by atoms with Gasteiger partial charge in [0.15, 0.2) is 0 Å². The molecule has 0 radical (unpaired) electrons. The number of rotatable bonds is 15. The normalized spacial score (nSPS) is 18.6. The van der Waals surface area contributed by atoms with Gasteiger partial charge in [0.05, 0.1) is 12.6 Å². The maximum Gasteiger partial charge on any atom is 0.326 e. The zero-order valence-electron chi connectivity index (χ0n) is 18.5. The van der Waals surface area contributed by atoms with Gasteiger partial charge in [0.25, 0.3) is 0 Å². The number of carboxylic acids is 1. The van der Waals surface area contributed by atoms with Crippen molar-refractivity contribution in [1.82, 2.24) is 15.5 Å². The van der Waals surface area contributed by atoms with Crippen LogP contribution in [0.5, 0.6) is 0 Å². The quantitative estimate of drug-likeness (QED) is 0.130. The Morgan fingerprint density at radius 3 is 2.09 bits per heavy atom. The van der Waals surface area contributed by atoms with E-state index in [0.717, 1.165) is 0 Å². The second-order valence-corrected chi connectivity index (χ2v) is 8.01. The molecule has 1 rings (SSSR count). The van der Waals surface area contributed by atoms with Crippen LogP contribution in [0.25, 0.3) is 0 Å². The third kappa shape index (κ3) is 8.69. The van der Waals surface area contributed by atoms with E-state index < -0.39 is 54.5 Å². The van der Waals surface area contributed by atoms with E-state index in [-0.39, 0.29) is 13.0 Å². The van der Waals surface area contributed by atoms with Gasteiger partial charge in [-0.25, -0.2) is 4.79 Å². The highest BCUT2D eigenvalue weighted by Gasteiger charge is 2.38. The van der Waals surface area contributed by atoms with Gasteiger partial charge in [-0.2, -0.15) is 0 Å². The van der Waals surface area contributed by atoms with Crippen LogP contribution in [0.3, 0.4) is 0 Å². The molecular formula is C20H38N6O6. The molecule has 184 valence electrons. The number of nitrogens with zero attached hydrogens (tertiary/aromatic N) is 1. The van der Waals surface area contributed by atoms with Crippen molar-refractivity contribution >= 4 is 23.7 Å². The predicted molar refractivity (Wildman–Crippen MR) is 117 cm³/mol. The fraction of sp³-hybridized carbons (Fsp3) is 0.800. The minimum absolute atomic E-state index is 0.259. The monoisotopic (exact) mass is 458 g/mol. The first-order valence-corrected chi connectivity index (χ1v) is 11.2. The Morgan fingerprint density at radius 1 is 0.938 bits per heavy atom. The molecule has 4 atom stereocenters.